The SMILES string of the molecule is O=C1N(Cc2ccc3c(c2)CCC3)CC2CNCCN12. The fraction of sp³-hybridized carbons (Fsp3) is 0.562. The van der Waals surface area contributed by atoms with E-state index in [4.69, 9.17) is 0 Å². The third-order valence-corrected chi connectivity index (χ3v) is 4.83. The van der Waals surface area contributed by atoms with Crippen LogP contribution in [-0.4, -0.2) is 48.1 Å². The van der Waals surface area contributed by atoms with Crippen molar-refractivity contribution < 1.29 is 4.79 Å². The Morgan fingerprint density at radius 2 is 2.15 bits per heavy atom. The van der Waals surface area contributed by atoms with Gasteiger partial charge in [0, 0.05) is 32.7 Å². The Morgan fingerprint density at radius 3 is 3.05 bits per heavy atom. The van der Waals surface area contributed by atoms with E-state index in [1.54, 1.807) is 0 Å². The summed E-state index contributed by atoms with van der Waals surface area (Å²) in [6, 6.07) is 7.35. The molecule has 1 aromatic rings. The van der Waals surface area contributed by atoms with Gasteiger partial charge in [0.15, 0.2) is 0 Å². The van der Waals surface area contributed by atoms with Crippen LogP contribution in [0.5, 0.6) is 0 Å². The first-order valence-corrected chi connectivity index (χ1v) is 7.68. The van der Waals surface area contributed by atoms with Gasteiger partial charge < -0.3 is 15.1 Å². The monoisotopic (exact) mass is 271 g/mol. The van der Waals surface area contributed by atoms with E-state index in [1.165, 1.54) is 36.0 Å². The lowest BCUT2D eigenvalue weighted by molar-refractivity contribution is 0.178. The van der Waals surface area contributed by atoms with Gasteiger partial charge in [-0.1, -0.05) is 18.2 Å². The number of nitrogens with zero attached hydrogens (tertiary/aromatic N) is 2. The second-order valence-corrected chi connectivity index (χ2v) is 6.17. The van der Waals surface area contributed by atoms with Crippen LogP contribution in [0.3, 0.4) is 0 Å². The summed E-state index contributed by atoms with van der Waals surface area (Å²) in [5.74, 6) is 0. The van der Waals surface area contributed by atoms with Crippen LogP contribution in [0.1, 0.15) is 23.1 Å². The predicted molar refractivity (Wildman–Crippen MR) is 77.6 cm³/mol. The highest BCUT2D eigenvalue weighted by Crippen LogP contribution is 2.25. The molecule has 1 aliphatic carbocycles. The number of nitrogens with one attached hydrogen (secondary N) is 1. The van der Waals surface area contributed by atoms with Gasteiger partial charge in [-0.3, -0.25) is 0 Å². The Bertz CT molecular complexity index is 543. The summed E-state index contributed by atoms with van der Waals surface area (Å²) in [6.45, 7) is 4.34. The highest BCUT2D eigenvalue weighted by atomic mass is 16.2. The highest BCUT2D eigenvalue weighted by molar-refractivity contribution is 5.77. The molecule has 0 spiro atoms. The lowest BCUT2D eigenvalue weighted by Gasteiger charge is -2.28. The number of urea groups is 1. The molecule has 2 fully saturated rings. The molecule has 1 N–H and O–H groups in total. The molecule has 20 heavy (non-hydrogen) atoms. The molecule has 2 heterocycles. The van der Waals surface area contributed by atoms with Crippen LogP contribution >= 0.6 is 0 Å². The van der Waals surface area contributed by atoms with Crippen LogP contribution in [0.15, 0.2) is 18.2 Å². The minimum Gasteiger partial charge on any atom is -0.318 e. The van der Waals surface area contributed by atoms with Gasteiger partial charge in [0.2, 0.25) is 0 Å². The van der Waals surface area contributed by atoms with Gasteiger partial charge in [-0.2, -0.15) is 0 Å². The van der Waals surface area contributed by atoms with Crippen molar-refractivity contribution in [1.82, 2.24) is 15.1 Å². The van der Waals surface area contributed by atoms with Crippen molar-refractivity contribution in [3.63, 3.8) is 0 Å². The quantitative estimate of drug-likeness (QED) is 0.882. The molecule has 106 valence electrons. The summed E-state index contributed by atoms with van der Waals surface area (Å²) in [5.41, 5.74) is 4.28. The van der Waals surface area contributed by atoms with Crippen molar-refractivity contribution in [3.05, 3.63) is 34.9 Å². The molecule has 1 atom stereocenters. The number of hydrogen-bond donors (Lipinski definition) is 1. The van der Waals surface area contributed by atoms with Crippen molar-refractivity contribution in [2.75, 3.05) is 26.2 Å². The zero-order chi connectivity index (χ0) is 13.5. The summed E-state index contributed by atoms with van der Waals surface area (Å²) >= 11 is 0. The summed E-state index contributed by atoms with van der Waals surface area (Å²) in [5, 5.41) is 3.37. The second-order valence-electron chi connectivity index (χ2n) is 6.17. The molecule has 4 nitrogen and oxygen atoms in total. The van der Waals surface area contributed by atoms with Crippen LogP contribution < -0.4 is 5.32 Å². The topological polar surface area (TPSA) is 35.6 Å². The van der Waals surface area contributed by atoms with Crippen molar-refractivity contribution in [1.29, 1.82) is 0 Å². The van der Waals surface area contributed by atoms with E-state index >= 15 is 0 Å². The van der Waals surface area contributed by atoms with Crippen molar-refractivity contribution in [2.45, 2.75) is 31.8 Å². The molecule has 2 amide bonds. The van der Waals surface area contributed by atoms with Crippen LogP contribution in [0.25, 0.3) is 0 Å². The number of piperazine rings is 1. The van der Waals surface area contributed by atoms with Crippen LogP contribution in [-0.2, 0) is 19.4 Å². The van der Waals surface area contributed by atoms with Gasteiger partial charge >= 0.3 is 6.03 Å². The fourth-order valence-corrected chi connectivity index (χ4v) is 3.77. The molecule has 3 aliphatic rings. The largest absolute Gasteiger partial charge is 0.320 e. The van der Waals surface area contributed by atoms with E-state index in [0.717, 1.165) is 32.7 Å². The summed E-state index contributed by atoms with van der Waals surface area (Å²) in [4.78, 5) is 16.4. The second kappa shape index (κ2) is 4.77. The minimum atomic E-state index is 0.219. The zero-order valence-corrected chi connectivity index (χ0v) is 11.8. The van der Waals surface area contributed by atoms with Crippen molar-refractivity contribution in [3.8, 4) is 0 Å². The molecule has 4 rings (SSSR count). The molecule has 0 aromatic heterocycles. The average molecular weight is 271 g/mol. The summed E-state index contributed by atoms with van der Waals surface area (Å²) in [7, 11) is 0. The van der Waals surface area contributed by atoms with E-state index in [1.807, 2.05) is 9.80 Å². The Morgan fingerprint density at radius 1 is 1.25 bits per heavy atom. The number of carbonyl (C=O) groups is 1. The maximum atomic E-state index is 12.4. The zero-order valence-electron chi connectivity index (χ0n) is 11.8. The number of fused-ring (bicyclic) bond motifs is 2. The van der Waals surface area contributed by atoms with Crippen molar-refractivity contribution >= 4 is 6.03 Å². The lowest BCUT2D eigenvalue weighted by Crippen LogP contribution is -2.49. The van der Waals surface area contributed by atoms with Gasteiger partial charge in [-0.15, -0.1) is 0 Å². The molecule has 1 aromatic carbocycles. The van der Waals surface area contributed by atoms with Gasteiger partial charge in [-0.05, 0) is 36.0 Å². The molecule has 2 aliphatic heterocycles. The highest BCUT2D eigenvalue weighted by Gasteiger charge is 2.38. The fourth-order valence-electron chi connectivity index (χ4n) is 3.77. The van der Waals surface area contributed by atoms with E-state index < -0.39 is 0 Å². The third kappa shape index (κ3) is 1.99. The van der Waals surface area contributed by atoms with E-state index in [9.17, 15) is 4.79 Å². The Labute approximate surface area is 119 Å². The maximum absolute atomic E-state index is 12.4. The number of hydrogen-bond acceptors (Lipinski definition) is 2. The molecule has 0 radical (unpaired) electrons. The van der Waals surface area contributed by atoms with Gasteiger partial charge in [-0.25, -0.2) is 4.79 Å². The molecule has 0 saturated carbocycles. The summed E-state index contributed by atoms with van der Waals surface area (Å²) < 4.78 is 0. The van der Waals surface area contributed by atoms with Crippen molar-refractivity contribution in [2.24, 2.45) is 0 Å². The van der Waals surface area contributed by atoms with Gasteiger partial charge in [0.05, 0.1) is 6.04 Å². The summed E-state index contributed by atoms with van der Waals surface area (Å²) in [6.07, 6.45) is 3.71. The lowest BCUT2D eigenvalue weighted by atomic mass is 10.1. The molecular formula is C16H21N3O. The molecular weight excluding hydrogens is 250 g/mol. The van der Waals surface area contributed by atoms with Crippen LogP contribution in [0.4, 0.5) is 4.79 Å². The first-order valence-electron chi connectivity index (χ1n) is 7.68. The molecule has 0 bridgehead atoms. The number of amides is 2. The number of benzene rings is 1. The molecule has 2 saturated heterocycles. The number of carbonyl (C=O) groups excluding carboxylic acids is 1. The number of aryl methyl sites for hydroxylation is 2. The smallest absolute Gasteiger partial charge is 0.318 e. The van der Waals surface area contributed by atoms with E-state index in [2.05, 4.69) is 23.5 Å². The first-order chi connectivity index (χ1) is 9.81. The normalized spacial score (nSPS) is 25.0. The number of rotatable bonds is 2. The van der Waals surface area contributed by atoms with Crippen LogP contribution in [0.2, 0.25) is 0 Å². The Balaban J connectivity index is 1.50. The molecule has 1 unspecified atom stereocenters. The van der Waals surface area contributed by atoms with Gasteiger partial charge in [0.1, 0.15) is 0 Å². The molecule has 4 heteroatoms. The Kier molecular flexibility index (Phi) is 2.91. The van der Waals surface area contributed by atoms with Gasteiger partial charge in [0.25, 0.3) is 0 Å². The standard InChI is InChI=1S/C16H21N3O/c20-16-18(11-15-9-17-6-7-19(15)16)10-12-4-5-13-2-1-3-14(13)8-12/h4-5,8,15,17H,1-3,6-7,9-11H2. The first kappa shape index (κ1) is 12.2. The maximum Gasteiger partial charge on any atom is 0.320 e. The minimum absolute atomic E-state index is 0.219. The van der Waals surface area contributed by atoms with E-state index in [0.29, 0.717) is 6.04 Å². The van der Waals surface area contributed by atoms with E-state index in [-0.39, 0.29) is 6.03 Å². The van der Waals surface area contributed by atoms with Crippen LogP contribution in [0, 0.1) is 0 Å². The average Bonchev–Trinajstić information content (AvgIpc) is 3.05. The third-order valence-electron chi connectivity index (χ3n) is 4.83. The predicted octanol–water partition coefficient (Wildman–Crippen LogP) is 1.38. The Hall–Kier alpha value is -1.55.